The van der Waals surface area contributed by atoms with Crippen LogP contribution in [0.2, 0.25) is 0 Å². The Labute approximate surface area is 168 Å². The van der Waals surface area contributed by atoms with Crippen LogP contribution < -0.4 is 9.47 Å². The van der Waals surface area contributed by atoms with Crippen molar-refractivity contribution in [1.82, 2.24) is 0 Å². The molecule has 0 fully saturated rings. The first-order valence-corrected chi connectivity index (χ1v) is 9.77. The maximum atomic E-state index is 5.95. The fraction of sp³-hybridized carbons (Fsp3) is 0.231. The summed E-state index contributed by atoms with van der Waals surface area (Å²) in [5.74, 6) is 2.58. The number of hydrogen-bond acceptors (Lipinski definition) is 2. The third kappa shape index (κ3) is 5.50. The quantitative estimate of drug-likeness (QED) is 0.367. The Morgan fingerprint density at radius 2 is 1.54 bits per heavy atom. The summed E-state index contributed by atoms with van der Waals surface area (Å²) in [5, 5.41) is 0. The molecule has 0 aromatic heterocycles. The van der Waals surface area contributed by atoms with E-state index in [9.17, 15) is 0 Å². The number of rotatable bonds is 9. The Morgan fingerprint density at radius 3 is 2.25 bits per heavy atom. The molecular weight excluding hydrogens is 344 g/mol. The number of aryl methyl sites for hydroxylation is 1. The summed E-state index contributed by atoms with van der Waals surface area (Å²) in [4.78, 5) is 0. The summed E-state index contributed by atoms with van der Waals surface area (Å²) >= 11 is 0. The van der Waals surface area contributed by atoms with Gasteiger partial charge in [-0.05, 0) is 72.2 Å². The van der Waals surface area contributed by atoms with Crippen LogP contribution in [0, 0.1) is 0 Å². The predicted octanol–water partition coefficient (Wildman–Crippen LogP) is 7.30. The lowest BCUT2D eigenvalue weighted by Gasteiger charge is -2.25. The van der Waals surface area contributed by atoms with Crippen molar-refractivity contribution in [3.05, 3.63) is 103 Å². The molecule has 0 aliphatic carbocycles. The molecule has 2 heteroatoms. The van der Waals surface area contributed by atoms with E-state index in [1.807, 2.05) is 48.5 Å². The molecule has 144 valence electrons. The SMILES string of the molecule is C=COc1ccc(C(C)(C)CCCc2cccc(Oc3ccccc3)c2)cc1. The van der Waals surface area contributed by atoms with Crippen LogP contribution >= 0.6 is 0 Å². The minimum Gasteiger partial charge on any atom is -0.466 e. The van der Waals surface area contributed by atoms with Gasteiger partial charge in [-0.15, -0.1) is 0 Å². The van der Waals surface area contributed by atoms with E-state index in [1.54, 1.807) is 0 Å². The van der Waals surface area contributed by atoms with Gasteiger partial charge in [0.25, 0.3) is 0 Å². The highest BCUT2D eigenvalue weighted by molar-refractivity contribution is 5.34. The fourth-order valence-corrected chi connectivity index (χ4v) is 3.35. The van der Waals surface area contributed by atoms with Crippen molar-refractivity contribution in [3.63, 3.8) is 0 Å². The summed E-state index contributed by atoms with van der Waals surface area (Å²) < 4.78 is 11.3. The van der Waals surface area contributed by atoms with E-state index in [0.717, 1.165) is 36.5 Å². The van der Waals surface area contributed by atoms with Crippen LogP contribution in [0.25, 0.3) is 0 Å². The topological polar surface area (TPSA) is 18.5 Å². The Hall–Kier alpha value is -3.00. The average Bonchev–Trinajstić information content (AvgIpc) is 2.70. The van der Waals surface area contributed by atoms with Crippen molar-refractivity contribution >= 4 is 0 Å². The normalized spacial score (nSPS) is 11.1. The van der Waals surface area contributed by atoms with Gasteiger partial charge in [0.05, 0.1) is 6.26 Å². The summed E-state index contributed by atoms with van der Waals surface area (Å²) in [7, 11) is 0. The maximum Gasteiger partial charge on any atom is 0.127 e. The lowest BCUT2D eigenvalue weighted by atomic mass is 9.80. The molecule has 0 N–H and O–H groups in total. The van der Waals surface area contributed by atoms with Crippen LogP contribution in [0.3, 0.4) is 0 Å². The van der Waals surface area contributed by atoms with Gasteiger partial charge in [-0.1, -0.05) is 62.9 Å². The summed E-state index contributed by atoms with van der Waals surface area (Å²) in [5.41, 5.74) is 2.74. The maximum absolute atomic E-state index is 5.95. The molecule has 0 amide bonds. The second-order valence-corrected chi connectivity index (χ2v) is 7.61. The molecule has 0 saturated heterocycles. The number of para-hydroxylation sites is 1. The minimum atomic E-state index is 0.116. The monoisotopic (exact) mass is 372 g/mol. The second-order valence-electron chi connectivity index (χ2n) is 7.61. The molecule has 0 heterocycles. The lowest BCUT2D eigenvalue weighted by molar-refractivity contribution is 0.456. The predicted molar refractivity (Wildman–Crippen MR) is 116 cm³/mol. The van der Waals surface area contributed by atoms with Gasteiger partial charge < -0.3 is 9.47 Å². The van der Waals surface area contributed by atoms with E-state index in [2.05, 4.69) is 50.8 Å². The zero-order valence-corrected chi connectivity index (χ0v) is 16.7. The van der Waals surface area contributed by atoms with Gasteiger partial charge >= 0.3 is 0 Å². The van der Waals surface area contributed by atoms with E-state index >= 15 is 0 Å². The Bertz CT molecular complexity index is 880. The van der Waals surface area contributed by atoms with Gasteiger partial charge in [-0.2, -0.15) is 0 Å². The fourth-order valence-electron chi connectivity index (χ4n) is 3.35. The molecule has 0 saturated carbocycles. The molecule has 0 aliphatic heterocycles. The first-order chi connectivity index (χ1) is 13.6. The highest BCUT2D eigenvalue weighted by atomic mass is 16.5. The van der Waals surface area contributed by atoms with Crippen LogP contribution in [0.15, 0.2) is 91.7 Å². The largest absolute Gasteiger partial charge is 0.466 e. The zero-order valence-electron chi connectivity index (χ0n) is 16.7. The third-order valence-electron chi connectivity index (χ3n) is 5.00. The van der Waals surface area contributed by atoms with E-state index in [1.165, 1.54) is 17.4 Å². The van der Waals surface area contributed by atoms with Gasteiger partial charge in [0.1, 0.15) is 17.2 Å². The van der Waals surface area contributed by atoms with Crippen LogP contribution in [0.5, 0.6) is 17.2 Å². The smallest absolute Gasteiger partial charge is 0.127 e. The Kier molecular flexibility index (Phi) is 6.54. The molecular formula is C26H28O2. The number of ether oxygens (including phenoxy) is 2. The zero-order chi connectivity index (χ0) is 19.8. The molecule has 3 aromatic rings. The molecule has 0 spiro atoms. The van der Waals surface area contributed by atoms with Gasteiger partial charge in [-0.3, -0.25) is 0 Å². The van der Waals surface area contributed by atoms with Crippen molar-refractivity contribution in [2.75, 3.05) is 0 Å². The standard InChI is InChI=1S/C26H28O2/c1-4-27-23-17-15-22(16-18-23)26(2,3)19-9-11-21-10-8-14-25(20-21)28-24-12-6-5-7-13-24/h4-8,10,12-18,20H,1,9,11,19H2,2-3H3. The van der Waals surface area contributed by atoms with Gasteiger partial charge in [0.15, 0.2) is 0 Å². The van der Waals surface area contributed by atoms with Crippen molar-refractivity contribution in [2.45, 2.75) is 38.5 Å². The van der Waals surface area contributed by atoms with Crippen molar-refractivity contribution in [3.8, 4) is 17.2 Å². The lowest BCUT2D eigenvalue weighted by Crippen LogP contribution is -2.17. The highest BCUT2D eigenvalue weighted by Gasteiger charge is 2.20. The second kappa shape index (κ2) is 9.27. The molecule has 0 unspecified atom stereocenters. The molecule has 0 atom stereocenters. The minimum absolute atomic E-state index is 0.116. The van der Waals surface area contributed by atoms with E-state index in [0.29, 0.717) is 0 Å². The molecule has 3 rings (SSSR count). The van der Waals surface area contributed by atoms with E-state index < -0.39 is 0 Å². The summed E-state index contributed by atoms with van der Waals surface area (Å²) in [6.45, 7) is 8.19. The first-order valence-electron chi connectivity index (χ1n) is 9.77. The summed E-state index contributed by atoms with van der Waals surface area (Å²) in [6, 6.07) is 26.6. The average molecular weight is 373 g/mol. The third-order valence-corrected chi connectivity index (χ3v) is 5.00. The van der Waals surface area contributed by atoms with Crippen LogP contribution in [-0.2, 0) is 11.8 Å². The van der Waals surface area contributed by atoms with Gasteiger partial charge in [0, 0.05) is 0 Å². The van der Waals surface area contributed by atoms with Crippen molar-refractivity contribution in [2.24, 2.45) is 0 Å². The molecule has 0 radical (unpaired) electrons. The van der Waals surface area contributed by atoms with Crippen LogP contribution in [-0.4, -0.2) is 0 Å². The van der Waals surface area contributed by atoms with Crippen LogP contribution in [0.4, 0.5) is 0 Å². The van der Waals surface area contributed by atoms with Gasteiger partial charge in [-0.25, -0.2) is 0 Å². The number of benzene rings is 3. The highest BCUT2D eigenvalue weighted by Crippen LogP contribution is 2.31. The van der Waals surface area contributed by atoms with E-state index in [-0.39, 0.29) is 5.41 Å². The van der Waals surface area contributed by atoms with Crippen molar-refractivity contribution < 1.29 is 9.47 Å². The molecule has 28 heavy (non-hydrogen) atoms. The summed E-state index contributed by atoms with van der Waals surface area (Å²) in [6.07, 6.45) is 4.72. The van der Waals surface area contributed by atoms with Crippen LogP contribution in [0.1, 0.15) is 37.8 Å². The molecule has 0 bridgehead atoms. The molecule has 2 nitrogen and oxygen atoms in total. The van der Waals surface area contributed by atoms with E-state index in [4.69, 9.17) is 9.47 Å². The van der Waals surface area contributed by atoms with Gasteiger partial charge in [0.2, 0.25) is 0 Å². The Morgan fingerprint density at radius 1 is 0.821 bits per heavy atom. The number of hydrogen-bond donors (Lipinski definition) is 0. The van der Waals surface area contributed by atoms with Crippen molar-refractivity contribution in [1.29, 1.82) is 0 Å². The molecule has 0 aliphatic rings. The molecule has 3 aromatic carbocycles. The first kappa shape index (κ1) is 19.8. The Balaban J connectivity index is 1.56.